The third-order valence-corrected chi connectivity index (χ3v) is 2.48. The SMILES string of the molecule is COC(=O)c1ccc(Nc2ccc(C)nn2)c(O)c1. The summed E-state index contributed by atoms with van der Waals surface area (Å²) in [4.78, 5) is 11.3. The van der Waals surface area contributed by atoms with Gasteiger partial charge in [0, 0.05) is 0 Å². The van der Waals surface area contributed by atoms with Gasteiger partial charge in [-0.2, -0.15) is 5.10 Å². The molecule has 6 nitrogen and oxygen atoms in total. The van der Waals surface area contributed by atoms with Crippen LogP contribution in [-0.2, 0) is 4.74 Å². The van der Waals surface area contributed by atoms with Crippen molar-refractivity contribution in [3.05, 3.63) is 41.6 Å². The molecule has 19 heavy (non-hydrogen) atoms. The van der Waals surface area contributed by atoms with Gasteiger partial charge in [0.15, 0.2) is 5.82 Å². The first-order chi connectivity index (χ1) is 9.10. The summed E-state index contributed by atoms with van der Waals surface area (Å²) in [6.07, 6.45) is 0. The first-order valence-corrected chi connectivity index (χ1v) is 5.59. The van der Waals surface area contributed by atoms with Gasteiger partial charge in [0.2, 0.25) is 0 Å². The Labute approximate surface area is 110 Å². The Kier molecular flexibility index (Phi) is 3.61. The maximum Gasteiger partial charge on any atom is 0.337 e. The summed E-state index contributed by atoms with van der Waals surface area (Å²) in [6, 6.07) is 8.00. The number of nitrogens with one attached hydrogen (secondary N) is 1. The average Bonchev–Trinajstić information content (AvgIpc) is 2.42. The van der Waals surface area contributed by atoms with E-state index in [9.17, 15) is 9.90 Å². The van der Waals surface area contributed by atoms with E-state index < -0.39 is 5.97 Å². The second-order valence-corrected chi connectivity index (χ2v) is 3.91. The Bertz CT molecular complexity index is 597. The van der Waals surface area contributed by atoms with Crippen molar-refractivity contribution in [3.8, 4) is 5.75 Å². The molecule has 0 unspecified atom stereocenters. The molecule has 0 aliphatic rings. The number of rotatable bonds is 3. The van der Waals surface area contributed by atoms with Crippen molar-refractivity contribution in [3.63, 3.8) is 0 Å². The quantitative estimate of drug-likeness (QED) is 0.648. The van der Waals surface area contributed by atoms with Crippen LogP contribution in [0.2, 0.25) is 0 Å². The minimum atomic E-state index is -0.503. The van der Waals surface area contributed by atoms with Gasteiger partial charge in [0.1, 0.15) is 5.75 Å². The third kappa shape index (κ3) is 2.98. The normalized spacial score (nSPS) is 10.0. The molecule has 0 saturated carbocycles. The number of carbonyl (C=O) groups excluding carboxylic acids is 1. The maximum atomic E-state index is 11.3. The number of methoxy groups -OCH3 is 1. The van der Waals surface area contributed by atoms with Crippen molar-refractivity contribution in [2.45, 2.75) is 6.92 Å². The molecule has 1 aromatic carbocycles. The average molecular weight is 259 g/mol. The first-order valence-electron chi connectivity index (χ1n) is 5.59. The Morgan fingerprint density at radius 2 is 2.05 bits per heavy atom. The van der Waals surface area contributed by atoms with Gasteiger partial charge in [0.25, 0.3) is 0 Å². The molecule has 0 aliphatic carbocycles. The van der Waals surface area contributed by atoms with Gasteiger partial charge in [-0.25, -0.2) is 4.79 Å². The highest BCUT2D eigenvalue weighted by Crippen LogP contribution is 2.27. The molecule has 0 aliphatic heterocycles. The number of ether oxygens (including phenoxy) is 1. The fourth-order valence-electron chi connectivity index (χ4n) is 1.49. The molecular formula is C13H13N3O3. The van der Waals surface area contributed by atoms with E-state index in [1.807, 2.05) is 6.92 Å². The highest BCUT2D eigenvalue weighted by molar-refractivity contribution is 5.90. The van der Waals surface area contributed by atoms with Crippen LogP contribution in [0.4, 0.5) is 11.5 Å². The topological polar surface area (TPSA) is 84.3 Å². The zero-order valence-corrected chi connectivity index (χ0v) is 10.5. The summed E-state index contributed by atoms with van der Waals surface area (Å²) in [6.45, 7) is 1.83. The number of aromatic hydroxyl groups is 1. The van der Waals surface area contributed by atoms with E-state index in [4.69, 9.17) is 0 Å². The Hall–Kier alpha value is -2.63. The fourth-order valence-corrected chi connectivity index (χ4v) is 1.49. The van der Waals surface area contributed by atoms with E-state index in [0.29, 0.717) is 11.5 Å². The number of phenols is 1. The van der Waals surface area contributed by atoms with Crippen molar-refractivity contribution in [2.75, 3.05) is 12.4 Å². The summed E-state index contributed by atoms with van der Waals surface area (Å²) < 4.78 is 4.57. The van der Waals surface area contributed by atoms with Gasteiger partial charge in [0.05, 0.1) is 24.1 Å². The van der Waals surface area contributed by atoms with Gasteiger partial charge in [-0.15, -0.1) is 5.10 Å². The molecule has 0 spiro atoms. The largest absolute Gasteiger partial charge is 0.506 e. The lowest BCUT2D eigenvalue weighted by Crippen LogP contribution is -2.02. The van der Waals surface area contributed by atoms with Crippen LogP contribution in [0.1, 0.15) is 16.1 Å². The third-order valence-electron chi connectivity index (χ3n) is 2.48. The van der Waals surface area contributed by atoms with E-state index in [2.05, 4.69) is 20.3 Å². The van der Waals surface area contributed by atoms with E-state index in [1.54, 1.807) is 24.3 Å². The lowest BCUT2D eigenvalue weighted by molar-refractivity contribution is 0.0600. The number of nitrogens with zero attached hydrogens (tertiary/aromatic N) is 2. The number of phenolic OH excluding ortho intramolecular Hbond substituents is 1. The van der Waals surface area contributed by atoms with E-state index in [1.165, 1.54) is 13.2 Å². The Morgan fingerprint density at radius 1 is 1.26 bits per heavy atom. The lowest BCUT2D eigenvalue weighted by Gasteiger charge is -2.08. The monoisotopic (exact) mass is 259 g/mol. The maximum absolute atomic E-state index is 11.3. The van der Waals surface area contributed by atoms with Crippen molar-refractivity contribution < 1.29 is 14.6 Å². The van der Waals surface area contributed by atoms with Crippen LogP contribution in [0, 0.1) is 6.92 Å². The van der Waals surface area contributed by atoms with Gasteiger partial charge in [-0.3, -0.25) is 0 Å². The molecule has 98 valence electrons. The molecule has 2 rings (SSSR count). The van der Waals surface area contributed by atoms with Gasteiger partial charge >= 0.3 is 5.97 Å². The zero-order chi connectivity index (χ0) is 13.8. The molecule has 2 N–H and O–H groups in total. The van der Waals surface area contributed by atoms with Gasteiger partial charge in [-0.05, 0) is 37.3 Å². The van der Waals surface area contributed by atoms with Crippen LogP contribution in [0.5, 0.6) is 5.75 Å². The summed E-state index contributed by atoms with van der Waals surface area (Å²) in [5.41, 5.74) is 1.52. The van der Waals surface area contributed by atoms with Gasteiger partial charge < -0.3 is 15.2 Å². The summed E-state index contributed by atoms with van der Waals surface area (Å²) in [5, 5.41) is 20.6. The highest BCUT2D eigenvalue weighted by atomic mass is 16.5. The van der Waals surface area contributed by atoms with E-state index in [-0.39, 0.29) is 11.3 Å². The Balaban J connectivity index is 2.22. The van der Waals surface area contributed by atoms with Crippen LogP contribution in [0.15, 0.2) is 30.3 Å². The van der Waals surface area contributed by atoms with Crippen molar-refractivity contribution in [2.24, 2.45) is 0 Å². The molecule has 0 amide bonds. The van der Waals surface area contributed by atoms with E-state index in [0.717, 1.165) is 5.69 Å². The van der Waals surface area contributed by atoms with Crippen molar-refractivity contribution in [1.82, 2.24) is 10.2 Å². The summed E-state index contributed by atoms with van der Waals surface area (Å²) in [5.74, 6) is -0.0611. The Morgan fingerprint density at radius 3 is 2.63 bits per heavy atom. The van der Waals surface area contributed by atoms with Gasteiger partial charge in [-0.1, -0.05) is 0 Å². The molecule has 0 fully saturated rings. The van der Waals surface area contributed by atoms with Crippen LogP contribution < -0.4 is 5.32 Å². The predicted octanol–water partition coefficient (Wildman–Crippen LogP) is 2.02. The number of hydrogen-bond acceptors (Lipinski definition) is 6. The van der Waals surface area contributed by atoms with E-state index >= 15 is 0 Å². The number of benzene rings is 1. The van der Waals surface area contributed by atoms with Crippen LogP contribution in [0.3, 0.4) is 0 Å². The minimum absolute atomic E-state index is 0.0646. The highest BCUT2D eigenvalue weighted by Gasteiger charge is 2.09. The molecule has 0 radical (unpaired) electrons. The predicted molar refractivity (Wildman–Crippen MR) is 69.5 cm³/mol. The molecule has 1 heterocycles. The number of carbonyl (C=O) groups is 1. The number of aromatic nitrogens is 2. The second kappa shape index (κ2) is 5.34. The molecule has 0 atom stereocenters. The van der Waals surface area contributed by atoms with Crippen LogP contribution in [0.25, 0.3) is 0 Å². The number of esters is 1. The molecule has 1 aromatic heterocycles. The van der Waals surface area contributed by atoms with Crippen molar-refractivity contribution >= 4 is 17.5 Å². The molecule has 0 saturated heterocycles. The van der Waals surface area contributed by atoms with Crippen LogP contribution in [-0.4, -0.2) is 28.4 Å². The first kappa shape index (κ1) is 12.8. The molecule has 6 heteroatoms. The number of aryl methyl sites for hydroxylation is 1. The fraction of sp³-hybridized carbons (Fsp3) is 0.154. The molecule has 0 bridgehead atoms. The standard InChI is InChI=1S/C13H13N3O3/c1-8-3-6-12(16-15-8)14-10-5-4-9(7-11(10)17)13(18)19-2/h3-7,17H,1-2H3,(H,14,16). The summed E-state index contributed by atoms with van der Waals surface area (Å²) in [7, 11) is 1.29. The summed E-state index contributed by atoms with van der Waals surface area (Å²) >= 11 is 0. The lowest BCUT2D eigenvalue weighted by atomic mass is 10.2. The number of anilines is 2. The van der Waals surface area contributed by atoms with Crippen molar-refractivity contribution in [1.29, 1.82) is 0 Å². The minimum Gasteiger partial charge on any atom is -0.506 e. The van der Waals surface area contributed by atoms with Crippen LogP contribution >= 0.6 is 0 Å². The number of hydrogen-bond donors (Lipinski definition) is 2. The molecular weight excluding hydrogens is 246 g/mol. The zero-order valence-electron chi connectivity index (χ0n) is 10.5. The molecule has 2 aromatic rings. The second-order valence-electron chi connectivity index (χ2n) is 3.91. The smallest absolute Gasteiger partial charge is 0.337 e.